The number of carbonyl (C=O) groups is 2. The maximum absolute atomic E-state index is 12.5. The lowest BCUT2D eigenvalue weighted by molar-refractivity contribution is 0.0911. The molecule has 3 rings (SSSR count). The molecule has 1 aliphatic rings. The monoisotopic (exact) mass is 293 g/mol. The molecule has 0 fully saturated rings. The maximum Gasteiger partial charge on any atom is 0.251 e. The molecule has 0 saturated heterocycles. The molecular formula is C19H19NO2. The molecule has 0 atom stereocenters. The highest BCUT2D eigenvalue weighted by Crippen LogP contribution is 2.36. The van der Waals surface area contributed by atoms with E-state index in [-0.39, 0.29) is 17.2 Å². The quantitative estimate of drug-likeness (QED) is 0.798. The van der Waals surface area contributed by atoms with Gasteiger partial charge in [-0.3, -0.25) is 9.59 Å². The molecule has 1 aliphatic carbocycles. The number of amides is 1. The van der Waals surface area contributed by atoms with Gasteiger partial charge >= 0.3 is 0 Å². The Balaban J connectivity index is 1.97. The number of fused-ring (bicyclic) bond motifs is 3. The van der Waals surface area contributed by atoms with Crippen LogP contribution in [-0.2, 0) is 0 Å². The molecule has 0 aromatic heterocycles. The van der Waals surface area contributed by atoms with Gasteiger partial charge in [-0.1, -0.05) is 37.3 Å². The minimum Gasteiger partial charge on any atom is -0.347 e. The van der Waals surface area contributed by atoms with Gasteiger partial charge in [-0.2, -0.15) is 0 Å². The molecule has 2 aromatic carbocycles. The second-order valence-electron chi connectivity index (χ2n) is 6.33. The fourth-order valence-corrected chi connectivity index (χ4v) is 2.64. The van der Waals surface area contributed by atoms with Crippen LogP contribution in [0.5, 0.6) is 0 Å². The summed E-state index contributed by atoms with van der Waals surface area (Å²) < 4.78 is 0. The van der Waals surface area contributed by atoms with E-state index in [4.69, 9.17) is 0 Å². The Morgan fingerprint density at radius 3 is 2.32 bits per heavy atom. The van der Waals surface area contributed by atoms with Crippen molar-refractivity contribution in [3.63, 3.8) is 0 Å². The Bertz CT molecular complexity index is 775. The van der Waals surface area contributed by atoms with Gasteiger partial charge in [0.2, 0.25) is 0 Å². The highest BCUT2D eigenvalue weighted by atomic mass is 16.2. The van der Waals surface area contributed by atoms with E-state index in [0.29, 0.717) is 16.7 Å². The smallest absolute Gasteiger partial charge is 0.251 e. The van der Waals surface area contributed by atoms with Crippen LogP contribution in [0.2, 0.25) is 0 Å². The lowest BCUT2D eigenvalue weighted by atomic mass is 9.99. The predicted molar refractivity (Wildman–Crippen MR) is 87.1 cm³/mol. The van der Waals surface area contributed by atoms with Crippen molar-refractivity contribution in [2.75, 3.05) is 0 Å². The Hall–Kier alpha value is -2.42. The van der Waals surface area contributed by atoms with E-state index in [1.807, 2.05) is 51.1 Å². The van der Waals surface area contributed by atoms with Gasteiger partial charge in [0.05, 0.1) is 0 Å². The van der Waals surface area contributed by atoms with Crippen LogP contribution in [-0.4, -0.2) is 17.2 Å². The number of hydrogen-bond acceptors (Lipinski definition) is 2. The van der Waals surface area contributed by atoms with Crippen LogP contribution in [0.4, 0.5) is 0 Å². The Kier molecular flexibility index (Phi) is 3.36. The summed E-state index contributed by atoms with van der Waals surface area (Å²) in [5.41, 5.74) is 3.45. The summed E-state index contributed by atoms with van der Waals surface area (Å²) in [7, 11) is 0. The summed E-state index contributed by atoms with van der Waals surface area (Å²) in [6.45, 7) is 6.00. The summed E-state index contributed by atoms with van der Waals surface area (Å²) in [5, 5.41) is 3.00. The Labute approximate surface area is 130 Å². The number of ketones is 1. The number of rotatable bonds is 3. The van der Waals surface area contributed by atoms with E-state index in [0.717, 1.165) is 17.5 Å². The van der Waals surface area contributed by atoms with E-state index < -0.39 is 0 Å². The number of carbonyl (C=O) groups excluding carboxylic acids is 2. The van der Waals surface area contributed by atoms with Gasteiger partial charge < -0.3 is 5.32 Å². The number of nitrogens with one attached hydrogen (secondary N) is 1. The van der Waals surface area contributed by atoms with Crippen molar-refractivity contribution in [2.24, 2.45) is 0 Å². The van der Waals surface area contributed by atoms with Crippen LogP contribution in [0, 0.1) is 0 Å². The average molecular weight is 293 g/mol. The van der Waals surface area contributed by atoms with E-state index in [1.165, 1.54) is 0 Å². The standard InChI is InChI=1S/C19H19NO2/c1-4-19(2,3)20-18(22)12-9-10-14-13-7-5-6-8-15(13)17(21)16(14)11-12/h5-11H,4H2,1-3H3,(H,20,22). The fraction of sp³-hybridized carbons (Fsp3) is 0.263. The summed E-state index contributed by atoms with van der Waals surface area (Å²) in [5.74, 6) is -0.145. The summed E-state index contributed by atoms with van der Waals surface area (Å²) >= 11 is 0. The molecule has 0 radical (unpaired) electrons. The Morgan fingerprint density at radius 1 is 1.00 bits per heavy atom. The molecule has 1 amide bonds. The maximum atomic E-state index is 12.5. The lowest BCUT2D eigenvalue weighted by Gasteiger charge is -2.24. The van der Waals surface area contributed by atoms with E-state index in [1.54, 1.807) is 12.1 Å². The topological polar surface area (TPSA) is 46.2 Å². The van der Waals surface area contributed by atoms with Crippen molar-refractivity contribution >= 4 is 11.7 Å². The van der Waals surface area contributed by atoms with E-state index >= 15 is 0 Å². The van der Waals surface area contributed by atoms with Gasteiger partial charge in [0.25, 0.3) is 5.91 Å². The van der Waals surface area contributed by atoms with Crippen LogP contribution < -0.4 is 5.32 Å². The molecule has 1 N–H and O–H groups in total. The third-order valence-corrected chi connectivity index (χ3v) is 4.32. The average Bonchev–Trinajstić information content (AvgIpc) is 2.80. The lowest BCUT2D eigenvalue weighted by Crippen LogP contribution is -2.42. The normalized spacial score (nSPS) is 12.8. The highest BCUT2D eigenvalue weighted by molar-refractivity contribution is 6.22. The van der Waals surface area contributed by atoms with Gasteiger partial charge in [-0.25, -0.2) is 0 Å². The molecule has 2 aromatic rings. The van der Waals surface area contributed by atoms with E-state index in [9.17, 15) is 9.59 Å². The molecule has 0 aliphatic heterocycles. The van der Waals surface area contributed by atoms with Crippen LogP contribution >= 0.6 is 0 Å². The number of benzene rings is 2. The van der Waals surface area contributed by atoms with Gasteiger partial charge in [-0.05, 0) is 43.5 Å². The zero-order valence-corrected chi connectivity index (χ0v) is 13.1. The van der Waals surface area contributed by atoms with Crippen molar-refractivity contribution in [3.05, 3.63) is 59.2 Å². The third kappa shape index (κ3) is 2.33. The minimum atomic E-state index is -0.261. The van der Waals surface area contributed by atoms with Crippen LogP contribution in [0.15, 0.2) is 42.5 Å². The Morgan fingerprint density at radius 2 is 1.64 bits per heavy atom. The summed E-state index contributed by atoms with van der Waals surface area (Å²) in [6, 6.07) is 12.9. The fourth-order valence-electron chi connectivity index (χ4n) is 2.64. The van der Waals surface area contributed by atoms with Crippen molar-refractivity contribution < 1.29 is 9.59 Å². The van der Waals surface area contributed by atoms with Crippen molar-refractivity contribution in [3.8, 4) is 11.1 Å². The first-order valence-electron chi connectivity index (χ1n) is 7.53. The minimum absolute atomic E-state index is 0.00463. The van der Waals surface area contributed by atoms with Gasteiger partial charge in [0, 0.05) is 22.2 Å². The summed E-state index contributed by atoms with van der Waals surface area (Å²) in [4.78, 5) is 24.8. The molecule has 3 heteroatoms. The van der Waals surface area contributed by atoms with Crippen LogP contribution in [0.25, 0.3) is 11.1 Å². The largest absolute Gasteiger partial charge is 0.347 e. The molecule has 0 unspecified atom stereocenters. The molecule has 22 heavy (non-hydrogen) atoms. The first-order chi connectivity index (χ1) is 10.4. The molecule has 112 valence electrons. The molecule has 0 heterocycles. The van der Waals surface area contributed by atoms with Gasteiger partial charge in [0.1, 0.15) is 0 Å². The van der Waals surface area contributed by atoms with Crippen molar-refractivity contribution in [1.82, 2.24) is 5.32 Å². The van der Waals surface area contributed by atoms with Crippen molar-refractivity contribution in [2.45, 2.75) is 32.7 Å². The highest BCUT2D eigenvalue weighted by Gasteiger charge is 2.27. The molecule has 3 nitrogen and oxygen atoms in total. The number of hydrogen-bond donors (Lipinski definition) is 1. The van der Waals surface area contributed by atoms with Crippen LogP contribution in [0.3, 0.4) is 0 Å². The second-order valence-corrected chi connectivity index (χ2v) is 6.33. The third-order valence-electron chi connectivity index (χ3n) is 4.32. The molecule has 0 spiro atoms. The zero-order valence-electron chi connectivity index (χ0n) is 13.1. The first-order valence-corrected chi connectivity index (χ1v) is 7.53. The van der Waals surface area contributed by atoms with Crippen LogP contribution in [0.1, 0.15) is 53.5 Å². The van der Waals surface area contributed by atoms with Gasteiger partial charge in [-0.15, -0.1) is 0 Å². The zero-order chi connectivity index (χ0) is 15.9. The molecular weight excluding hydrogens is 274 g/mol. The van der Waals surface area contributed by atoms with Gasteiger partial charge in [0.15, 0.2) is 5.78 Å². The molecule has 0 saturated carbocycles. The SMILES string of the molecule is CCC(C)(C)NC(=O)c1ccc2c(c1)C(=O)c1ccccc1-2. The second kappa shape index (κ2) is 5.09. The molecule has 0 bridgehead atoms. The van der Waals surface area contributed by atoms with E-state index in [2.05, 4.69) is 5.32 Å². The predicted octanol–water partition coefficient (Wildman–Crippen LogP) is 3.82. The first kappa shape index (κ1) is 14.5. The van der Waals surface area contributed by atoms with Crippen molar-refractivity contribution in [1.29, 1.82) is 0 Å². The summed E-state index contributed by atoms with van der Waals surface area (Å²) in [6.07, 6.45) is 0.841.